The zero-order chi connectivity index (χ0) is 16.9. The molecule has 0 spiro atoms. The zero-order valence-electron chi connectivity index (χ0n) is 13.3. The van der Waals surface area contributed by atoms with E-state index in [1.54, 1.807) is 18.3 Å². The van der Waals surface area contributed by atoms with E-state index < -0.39 is 0 Å². The topological polar surface area (TPSA) is 57.8 Å². The van der Waals surface area contributed by atoms with Gasteiger partial charge in [0.25, 0.3) is 5.91 Å². The average Bonchev–Trinajstić information content (AvgIpc) is 3.11. The smallest absolute Gasteiger partial charge is 0.251 e. The summed E-state index contributed by atoms with van der Waals surface area (Å²) in [5.74, 6) is 0.661. The molecule has 0 fully saturated rings. The highest BCUT2D eigenvalue weighted by atomic mass is 79.9. The van der Waals surface area contributed by atoms with Crippen LogP contribution in [0.4, 0.5) is 0 Å². The molecule has 4 nitrogen and oxygen atoms in total. The molecule has 3 rings (SSSR count). The molecule has 0 saturated carbocycles. The Hall–Kier alpha value is -2.40. The molecule has 1 amide bonds. The van der Waals surface area contributed by atoms with Gasteiger partial charge in [-0.2, -0.15) is 0 Å². The summed E-state index contributed by atoms with van der Waals surface area (Å²) in [7, 11) is 0. The molecule has 1 unspecified atom stereocenters. The summed E-state index contributed by atoms with van der Waals surface area (Å²) >= 11 is 3.37. The van der Waals surface area contributed by atoms with Gasteiger partial charge in [-0.05, 0) is 36.2 Å². The van der Waals surface area contributed by atoms with Crippen molar-refractivity contribution in [2.45, 2.75) is 19.4 Å². The fourth-order valence-corrected chi connectivity index (χ4v) is 2.75. The first-order valence-corrected chi connectivity index (χ1v) is 8.63. The Kier molecular flexibility index (Phi) is 5.11. The molecule has 3 aromatic rings. The van der Waals surface area contributed by atoms with Crippen molar-refractivity contribution in [1.29, 1.82) is 0 Å². The number of hydrogen-bond acceptors (Lipinski definition) is 2. The second-order valence-corrected chi connectivity index (χ2v) is 6.41. The Balaban J connectivity index is 1.76. The lowest BCUT2D eigenvalue weighted by molar-refractivity contribution is 0.0934. The van der Waals surface area contributed by atoms with Gasteiger partial charge in [-0.1, -0.05) is 53.2 Å². The van der Waals surface area contributed by atoms with Crippen LogP contribution in [0.2, 0.25) is 0 Å². The Morgan fingerprint density at radius 1 is 1.17 bits per heavy atom. The van der Waals surface area contributed by atoms with E-state index in [-0.39, 0.29) is 11.9 Å². The number of benzene rings is 2. The lowest BCUT2D eigenvalue weighted by Gasteiger charge is -2.15. The zero-order valence-corrected chi connectivity index (χ0v) is 14.9. The van der Waals surface area contributed by atoms with Gasteiger partial charge in [0.15, 0.2) is 0 Å². The van der Waals surface area contributed by atoms with Gasteiger partial charge in [-0.15, -0.1) is 0 Å². The standard InChI is InChI=1S/C19H18BrN3O/c1-2-16(23-19(24)14-8-10-15(20)11-9-14)18-21-12-17(22-18)13-6-4-3-5-7-13/h3-12,16H,2H2,1H3,(H,21,22)(H,23,24). The third kappa shape index (κ3) is 3.74. The van der Waals surface area contributed by atoms with Crippen LogP contribution in [0.1, 0.15) is 35.6 Å². The summed E-state index contributed by atoms with van der Waals surface area (Å²) in [6.07, 6.45) is 2.56. The fourth-order valence-electron chi connectivity index (χ4n) is 2.48. The van der Waals surface area contributed by atoms with Crippen molar-refractivity contribution < 1.29 is 4.79 Å². The molecular formula is C19H18BrN3O. The molecule has 1 atom stereocenters. The Labute approximate surface area is 149 Å². The van der Waals surface area contributed by atoms with Crippen molar-refractivity contribution in [1.82, 2.24) is 15.3 Å². The minimum Gasteiger partial charge on any atom is -0.342 e. The van der Waals surface area contributed by atoms with E-state index in [4.69, 9.17) is 0 Å². The SMILES string of the molecule is CCC(NC(=O)c1ccc(Br)cc1)c1ncc(-c2ccccc2)[nH]1. The molecule has 0 bridgehead atoms. The number of nitrogens with one attached hydrogen (secondary N) is 2. The van der Waals surface area contributed by atoms with Crippen LogP contribution in [0.15, 0.2) is 65.3 Å². The van der Waals surface area contributed by atoms with Crippen LogP contribution in [0.25, 0.3) is 11.3 Å². The summed E-state index contributed by atoms with van der Waals surface area (Å²) in [5.41, 5.74) is 2.65. The van der Waals surface area contributed by atoms with E-state index in [1.165, 1.54) is 0 Å². The molecule has 5 heteroatoms. The molecule has 2 aromatic carbocycles. The summed E-state index contributed by atoms with van der Waals surface area (Å²) in [6, 6.07) is 17.2. The normalized spacial score (nSPS) is 11.9. The van der Waals surface area contributed by atoms with Crippen LogP contribution >= 0.6 is 15.9 Å². The van der Waals surface area contributed by atoms with Gasteiger partial charge in [0.1, 0.15) is 5.82 Å². The van der Waals surface area contributed by atoms with Gasteiger partial charge >= 0.3 is 0 Å². The van der Waals surface area contributed by atoms with Crippen LogP contribution in [-0.4, -0.2) is 15.9 Å². The number of hydrogen-bond donors (Lipinski definition) is 2. The molecule has 122 valence electrons. The van der Waals surface area contributed by atoms with Crippen molar-refractivity contribution in [2.75, 3.05) is 0 Å². The lowest BCUT2D eigenvalue weighted by atomic mass is 10.1. The second kappa shape index (κ2) is 7.45. The van der Waals surface area contributed by atoms with Crippen molar-refractivity contribution in [3.63, 3.8) is 0 Å². The van der Waals surface area contributed by atoms with Gasteiger partial charge in [0.2, 0.25) is 0 Å². The average molecular weight is 384 g/mol. The predicted molar refractivity (Wildman–Crippen MR) is 98.7 cm³/mol. The van der Waals surface area contributed by atoms with E-state index >= 15 is 0 Å². The van der Waals surface area contributed by atoms with Crippen molar-refractivity contribution in [2.24, 2.45) is 0 Å². The number of rotatable bonds is 5. The Morgan fingerprint density at radius 3 is 2.54 bits per heavy atom. The highest BCUT2D eigenvalue weighted by Gasteiger charge is 2.17. The van der Waals surface area contributed by atoms with Gasteiger partial charge in [-0.3, -0.25) is 4.79 Å². The number of imidazole rings is 1. The fraction of sp³-hybridized carbons (Fsp3) is 0.158. The number of H-pyrrole nitrogens is 1. The van der Waals surface area contributed by atoms with E-state index in [2.05, 4.69) is 31.2 Å². The second-order valence-electron chi connectivity index (χ2n) is 5.49. The molecule has 2 N–H and O–H groups in total. The summed E-state index contributed by atoms with van der Waals surface area (Å²) < 4.78 is 0.949. The number of halogens is 1. The molecule has 24 heavy (non-hydrogen) atoms. The lowest BCUT2D eigenvalue weighted by Crippen LogP contribution is -2.28. The van der Waals surface area contributed by atoms with Crippen LogP contribution in [-0.2, 0) is 0 Å². The maximum absolute atomic E-state index is 12.4. The number of aromatic amines is 1. The number of carbonyl (C=O) groups excluding carboxylic acids is 1. The van der Waals surface area contributed by atoms with Gasteiger partial charge in [0.05, 0.1) is 17.9 Å². The number of amides is 1. The monoisotopic (exact) mass is 383 g/mol. The maximum atomic E-state index is 12.4. The van der Waals surface area contributed by atoms with Gasteiger partial charge in [0, 0.05) is 10.0 Å². The number of aromatic nitrogens is 2. The van der Waals surface area contributed by atoms with Crippen LogP contribution in [0.3, 0.4) is 0 Å². The Morgan fingerprint density at radius 2 is 1.88 bits per heavy atom. The summed E-state index contributed by atoms with van der Waals surface area (Å²) in [4.78, 5) is 20.2. The van der Waals surface area contributed by atoms with Crippen LogP contribution in [0.5, 0.6) is 0 Å². The van der Waals surface area contributed by atoms with Crippen molar-refractivity contribution in [3.05, 3.63) is 76.7 Å². The highest BCUT2D eigenvalue weighted by Crippen LogP contribution is 2.21. The molecule has 1 heterocycles. The Bertz CT molecular complexity index is 812. The minimum atomic E-state index is -0.154. The first-order chi connectivity index (χ1) is 11.7. The molecule has 0 aliphatic heterocycles. The number of carbonyl (C=O) groups is 1. The third-order valence-electron chi connectivity index (χ3n) is 3.83. The molecular weight excluding hydrogens is 366 g/mol. The van der Waals surface area contributed by atoms with Crippen LogP contribution in [0, 0.1) is 0 Å². The molecule has 1 aromatic heterocycles. The summed E-state index contributed by atoms with van der Waals surface area (Å²) in [5, 5.41) is 3.04. The highest BCUT2D eigenvalue weighted by molar-refractivity contribution is 9.10. The molecule has 0 radical (unpaired) electrons. The van der Waals surface area contributed by atoms with E-state index in [0.29, 0.717) is 5.56 Å². The van der Waals surface area contributed by atoms with E-state index in [1.807, 2.05) is 49.4 Å². The molecule has 0 saturated heterocycles. The largest absolute Gasteiger partial charge is 0.342 e. The van der Waals surface area contributed by atoms with E-state index in [9.17, 15) is 4.79 Å². The van der Waals surface area contributed by atoms with Crippen molar-refractivity contribution >= 4 is 21.8 Å². The summed E-state index contributed by atoms with van der Waals surface area (Å²) in [6.45, 7) is 2.03. The van der Waals surface area contributed by atoms with Gasteiger partial charge in [-0.25, -0.2) is 4.98 Å². The van der Waals surface area contributed by atoms with Gasteiger partial charge < -0.3 is 10.3 Å². The van der Waals surface area contributed by atoms with E-state index in [0.717, 1.165) is 28.0 Å². The molecule has 0 aliphatic carbocycles. The first-order valence-electron chi connectivity index (χ1n) is 7.84. The first kappa shape index (κ1) is 16.5. The quantitative estimate of drug-likeness (QED) is 0.669. The predicted octanol–water partition coefficient (Wildman–Crippen LogP) is 4.72. The number of nitrogens with zero attached hydrogens (tertiary/aromatic N) is 1. The maximum Gasteiger partial charge on any atom is 0.251 e. The minimum absolute atomic E-state index is 0.105. The molecule has 0 aliphatic rings. The van der Waals surface area contributed by atoms with Crippen LogP contribution < -0.4 is 5.32 Å². The third-order valence-corrected chi connectivity index (χ3v) is 4.36. The van der Waals surface area contributed by atoms with Crippen molar-refractivity contribution in [3.8, 4) is 11.3 Å².